The number of rotatable bonds is 5. The molecule has 26 heavy (non-hydrogen) atoms. The van der Waals surface area contributed by atoms with E-state index in [9.17, 15) is 9.90 Å². The Morgan fingerprint density at radius 2 is 2.00 bits per heavy atom. The van der Waals surface area contributed by atoms with Crippen molar-refractivity contribution in [1.29, 1.82) is 0 Å². The maximum Gasteiger partial charge on any atom is 0.267 e. The van der Waals surface area contributed by atoms with E-state index < -0.39 is 0 Å². The Hall–Kier alpha value is -2.79. The number of hydrogen-bond donors (Lipinski definition) is 1. The summed E-state index contributed by atoms with van der Waals surface area (Å²) < 4.78 is 0. The third kappa shape index (κ3) is 4.06. The Morgan fingerprint density at radius 1 is 1.23 bits per heavy atom. The molecule has 0 unspecified atom stereocenters. The van der Waals surface area contributed by atoms with Crippen molar-refractivity contribution in [1.82, 2.24) is 4.90 Å². The van der Waals surface area contributed by atoms with Crippen LogP contribution in [0.15, 0.2) is 71.1 Å². The first-order valence-corrected chi connectivity index (χ1v) is 9.21. The van der Waals surface area contributed by atoms with Crippen molar-refractivity contribution >= 4 is 34.6 Å². The molecule has 1 heterocycles. The van der Waals surface area contributed by atoms with Crippen molar-refractivity contribution in [3.05, 3.63) is 77.2 Å². The molecule has 0 spiro atoms. The molecule has 5 heteroatoms. The molecule has 4 nitrogen and oxygen atoms in total. The van der Waals surface area contributed by atoms with Crippen molar-refractivity contribution in [2.24, 2.45) is 4.99 Å². The molecule has 0 bridgehead atoms. The molecule has 3 rings (SSSR count). The van der Waals surface area contributed by atoms with Crippen LogP contribution in [0.4, 0.5) is 5.69 Å². The van der Waals surface area contributed by atoms with E-state index in [1.54, 1.807) is 35.2 Å². The molecule has 2 aromatic carbocycles. The van der Waals surface area contributed by atoms with Crippen molar-refractivity contribution in [3.63, 3.8) is 0 Å². The Morgan fingerprint density at radius 3 is 2.65 bits per heavy atom. The largest absolute Gasteiger partial charge is 0.508 e. The number of phenolic OH excluding ortho intramolecular Hbond substituents is 1. The van der Waals surface area contributed by atoms with Crippen LogP contribution in [0.3, 0.4) is 0 Å². The van der Waals surface area contributed by atoms with E-state index in [2.05, 4.69) is 30.6 Å². The maximum absolute atomic E-state index is 12.7. The summed E-state index contributed by atoms with van der Waals surface area (Å²) in [6.07, 6.45) is 4.54. The zero-order valence-electron chi connectivity index (χ0n) is 14.6. The van der Waals surface area contributed by atoms with Crippen LogP contribution in [-0.2, 0) is 11.2 Å². The fourth-order valence-corrected chi connectivity index (χ4v) is 3.56. The van der Waals surface area contributed by atoms with E-state index in [0.717, 1.165) is 12.0 Å². The first kappa shape index (κ1) is 18.0. The van der Waals surface area contributed by atoms with Gasteiger partial charge in [-0.05, 0) is 47.5 Å². The van der Waals surface area contributed by atoms with Gasteiger partial charge in [0, 0.05) is 12.6 Å². The van der Waals surface area contributed by atoms with E-state index in [0.29, 0.717) is 22.3 Å². The minimum Gasteiger partial charge on any atom is -0.508 e. The fourth-order valence-electron chi connectivity index (χ4n) is 2.56. The van der Waals surface area contributed by atoms with Crippen LogP contribution in [0, 0.1) is 0 Å². The highest BCUT2D eigenvalue weighted by Gasteiger charge is 2.32. The highest BCUT2D eigenvalue weighted by Crippen LogP contribution is 2.34. The van der Waals surface area contributed by atoms with Crippen molar-refractivity contribution in [3.8, 4) is 5.75 Å². The smallest absolute Gasteiger partial charge is 0.267 e. The quantitative estimate of drug-likeness (QED) is 0.615. The summed E-state index contributed by atoms with van der Waals surface area (Å²) in [6, 6.07) is 14.8. The summed E-state index contributed by atoms with van der Waals surface area (Å²) in [4.78, 5) is 19.5. The molecule has 1 aliphatic heterocycles. The van der Waals surface area contributed by atoms with Gasteiger partial charge in [0.15, 0.2) is 5.17 Å². The molecule has 1 aliphatic rings. The van der Waals surface area contributed by atoms with Crippen LogP contribution in [0.2, 0.25) is 0 Å². The van der Waals surface area contributed by atoms with E-state index in [4.69, 9.17) is 0 Å². The molecule has 1 fully saturated rings. The third-order valence-electron chi connectivity index (χ3n) is 3.94. The molecular formula is C21H20N2O2S. The second kappa shape index (κ2) is 8.06. The zero-order valence-corrected chi connectivity index (χ0v) is 15.4. The number of aryl methyl sites for hydroxylation is 1. The van der Waals surface area contributed by atoms with Crippen molar-refractivity contribution in [2.45, 2.75) is 13.3 Å². The molecule has 2 aromatic rings. The molecule has 0 radical (unpaired) electrons. The molecular weight excluding hydrogens is 344 g/mol. The first-order valence-electron chi connectivity index (χ1n) is 8.39. The molecule has 0 aromatic heterocycles. The summed E-state index contributed by atoms with van der Waals surface area (Å²) in [7, 11) is 0. The predicted octanol–water partition coefficient (Wildman–Crippen LogP) is 4.74. The number of carbonyl (C=O) groups excluding carboxylic acids is 1. The highest BCUT2D eigenvalue weighted by atomic mass is 32.2. The lowest BCUT2D eigenvalue weighted by molar-refractivity contribution is -0.121. The van der Waals surface area contributed by atoms with Crippen LogP contribution in [0.5, 0.6) is 5.75 Å². The molecule has 0 saturated carbocycles. The van der Waals surface area contributed by atoms with Crippen LogP contribution in [0.1, 0.15) is 18.1 Å². The predicted molar refractivity (Wildman–Crippen MR) is 108 cm³/mol. The van der Waals surface area contributed by atoms with Gasteiger partial charge in [-0.2, -0.15) is 0 Å². The minimum absolute atomic E-state index is 0.0895. The van der Waals surface area contributed by atoms with Gasteiger partial charge in [0.1, 0.15) is 5.75 Å². The number of carbonyl (C=O) groups is 1. The van der Waals surface area contributed by atoms with Crippen molar-refractivity contribution in [2.75, 3.05) is 6.54 Å². The van der Waals surface area contributed by atoms with Gasteiger partial charge in [0.2, 0.25) is 0 Å². The number of aliphatic imine (C=N–C) groups is 1. The topological polar surface area (TPSA) is 52.9 Å². The van der Waals surface area contributed by atoms with Crippen LogP contribution in [0.25, 0.3) is 6.08 Å². The van der Waals surface area contributed by atoms with E-state index in [1.165, 1.54) is 17.3 Å². The van der Waals surface area contributed by atoms with Crippen LogP contribution in [-0.4, -0.2) is 27.6 Å². The van der Waals surface area contributed by atoms with Gasteiger partial charge in [-0.1, -0.05) is 43.3 Å². The Kier molecular flexibility index (Phi) is 5.58. The van der Waals surface area contributed by atoms with E-state index in [1.807, 2.05) is 18.2 Å². The number of thioether (sulfide) groups is 1. The number of amides is 1. The standard InChI is InChI=1S/C21H20N2O2S/c1-3-12-23-20(25)19(13-16-10-8-15(4-2)9-11-16)26-21(23)22-17-6-5-7-18(24)14-17/h3,5-11,13-14,24H,1,4,12H2,2H3/b19-13-,22-21?. The van der Waals surface area contributed by atoms with Gasteiger partial charge < -0.3 is 5.11 Å². The fraction of sp³-hybridized carbons (Fsp3) is 0.143. The summed E-state index contributed by atoms with van der Waals surface area (Å²) in [6.45, 7) is 6.22. The van der Waals surface area contributed by atoms with E-state index in [-0.39, 0.29) is 11.7 Å². The Balaban J connectivity index is 1.92. The molecule has 1 amide bonds. The Labute approximate surface area is 157 Å². The summed E-state index contributed by atoms with van der Waals surface area (Å²) in [5.41, 5.74) is 2.84. The number of nitrogens with zero attached hydrogens (tertiary/aromatic N) is 2. The number of phenols is 1. The maximum atomic E-state index is 12.7. The summed E-state index contributed by atoms with van der Waals surface area (Å²) in [5.74, 6) is 0.0524. The molecule has 1 N–H and O–H groups in total. The van der Waals surface area contributed by atoms with Crippen LogP contribution >= 0.6 is 11.8 Å². The lowest BCUT2D eigenvalue weighted by atomic mass is 10.1. The zero-order chi connectivity index (χ0) is 18.5. The minimum atomic E-state index is -0.0895. The van der Waals surface area contributed by atoms with Gasteiger partial charge in [-0.15, -0.1) is 6.58 Å². The van der Waals surface area contributed by atoms with Crippen LogP contribution < -0.4 is 0 Å². The molecule has 0 aliphatic carbocycles. The molecule has 0 atom stereocenters. The average molecular weight is 364 g/mol. The summed E-state index contributed by atoms with van der Waals surface area (Å²) >= 11 is 1.33. The number of aromatic hydroxyl groups is 1. The lowest BCUT2D eigenvalue weighted by Gasteiger charge is -2.12. The number of benzene rings is 2. The highest BCUT2D eigenvalue weighted by molar-refractivity contribution is 8.18. The SMILES string of the molecule is C=CCN1C(=O)/C(=C/c2ccc(CC)cc2)SC1=Nc1cccc(O)c1. The second-order valence-corrected chi connectivity index (χ2v) is 6.83. The molecule has 132 valence electrons. The first-order chi connectivity index (χ1) is 12.6. The molecule has 1 saturated heterocycles. The van der Waals surface area contributed by atoms with Gasteiger partial charge in [-0.3, -0.25) is 9.69 Å². The van der Waals surface area contributed by atoms with E-state index >= 15 is 0 Å². The average Bonchev–Trinajstić information content (AvgIpc) is 2.91. The van der Waals surface area contributed by atoms with Gasteiger partial charge in [0.05, 0.1) is 10.6 Å². The number of amidine groups is 1. The number of hydrogen-bond acceptors (Lipinski definition) is 4. The van der Waals surface area contributed by atoms with Gasteiger partial charge >= 0.3 is 0 Å². The third-order valence-corrected chi connectivity index (χ3v) is 4.95. The monoisotopic (exact) mass is 364 g/mol. The van der Waals surface area contributed by atoms with Gasteiger partial charge in [0.25, 0.3) is 5.91 Å². The summed E-state index contributed by atoms with van der Waals surface area (Å²) in [5, 5.41) is 10.2. The lowest BCUT2D eigenvalue weighted by Crippen LogP contribution is -2.29. The van der Waals surface area contributed by atoms with Gasteiger partial charge in [-0.25, -0.2) is 4.99 Å². The Bertz CT molecular complexity index is 885. The van der Waals surface area contributed by atoms with Crippen molar-refractivity contribution < 1.29 is 9.90 Å². The normalized spacial score (nSPS) is 17.3. The second-order valence-electron chi connectivity index (χ2n) is 5.82.